The van der Waals surface area contributed by atoms with E-state index in [4.69, 9.17) is 14.8 Å². The van der Waals surface area contributed by atoms with Crippen molar-refractivity contribution in [2.24, 2.45) is 7.05 Å². The minimum Gasteiger partial charge on any atom is -0.494 e. The first-order valence-corrected chi connectivity index (χ1v) is 11.6. The molecule has 3 aromatic carbocycles. The highest BCUT2D eigenvalue weighted by Crippen LogP contribution is 2.30. The van der Waals surface area contributed by atoms with Gasteiger partial charge in [-0.1, -0.05) is 49.4 Å². The molecule has 5 aromatic rings. The lowest BCUT2D eigenvalue weighted by Gasteiger charge is -2.07. The maximum absolute atomic E-state index is 10.1. The van der Waals surface area contributed by atoms with Gasteiger partial charge in [0, 0.05) is 24.4 Å². The molecular formula is C29H25N5O. The summed E-state index contributed by atoms with van der Waals surface area (Å²) in [5, 5.41) is 15.0. The van der Waals surface area contributed by atoms with Crippen LogP contribution < -0.4 is 4.74 Å². The topological polar surface area (TPSA) is 68.7 Å². The molecule has 0 amide bonds. The lowest BCUT2D eigenvalue weighted by Crippen LogP contribution is -1.96. The molecule has 0 saturated heterocycles. The number of benzene rings is 3. The van der Waals surface area contributed by atoms with Gasteiger partial charge in [-0.2, -0.15) is 10.4 Å². The lowest BCUT2D eigenvalue weighted by molar-refractivity contribution is 0.317. The molecule has 6 nitrogen and oxygen atoms in total. The number of ether oxygens (including phenoxy) is 1. The number of aryl methyl sites for hydroxylation is 1. The quantitative estimate of drug-likeness (QED) is 0.269. The van der Waals surface area contributed by atoms with Gasteiger partial charge in [-0.25, -0.2) is 9.67 Å². The van der Waals surface area contributed by atoms with E-state index >= 15 is 0 Å². The first kappa shape index (κ1) is 22.2. The molecule has 0 spiro atoms. The fourth-order valence-electron chi connectivity index (χ4n) is 4.07. The minimum atomic E-state index is 0.468. The summed E-state index contributed by atoms with van der Waals surface area (Å²) in [6, 6.07) is 28.1. The van der Waals surface area contributed by atoms with Crippen LogP contribution in [-0.2, 0) is 7.05 Å². The Morgan fingerprint density at radius 1 is 1.03 bits per heavy atom. The molecular weight excluding hydrogens is 434 g/mol. The summed E-state index contributed by atoms with van der Waals surface area (Å²) < 4.78 is 9.64. The summed E-state index contributed by atoms with van der Waals surface area (Å²) >= 11 is 0. The molecule has 5 rings (SSSR count). The Labute approximate surface area is 204 Å². The molecule has 0 aliphatic heterocycles. The second-order valence-corrected chi connectivity index (χ2v) is 8.24. The van der Waals surface area contributed by atoms with E-state index in [0.29, 0.717) is 18.0 Å². The molecule has 6 heteroatoms. The van der Waals surface area contributed by atoms with Crippen LogP contribution in [0.4, 0.5) is 0 Å². The van der Waals surface area contributed by atoms with Crippen LogP contribution in [0.15, 0.2) is 85.1 Å². The largest absolute Gasteiger partial charge is 0.494 e. The Bertz CT molecular complexity index is 1550. The summed E-state index contributed by atoms with van der Waals surface area (Å²) in [6.45, 7) is 2.73. The van der Waals surface area contributed by atoms with Crippen molar-refractivity contribution in [2.45, 2.75) is 13.3 Å². The zero-order chi connectivity index (χ0) is 24.2. The van der Waals surface area contributed by atoms with E-state index in [1.807, 2.05) is 107 Å². The second-order valence-electron chi connectivity index (χ2n) is 8.24. The number of hydrogen-bond donors (Lipinski definition) is 0. The maximum Gasteiger partial charge on any atom is 0.151 e. The van der Waals surface area contributed by atoms with E-state index in [-0.39, 0.29) is 0 Å². The maximum atomic E-state index is 10.1. The van der Waals surface area contributed by atoms with Gasteiger partial charge in [0.2, 0.25) is 0 Å². The summed E-state index contributed by atoms with van der Waals surface area (Å²) in [6.07, 6.45) is 4.75. The smallest absolute Gasteiger partial charge is 0.151 e. The van der Waals surface area contributed by atoms with Crippen LogP contribution in [0, 0.1) is 11.3 Å². The van der Waals surface area contributed by atoms with Gasteiger partial charge in [0.05, 0.1) is 28.9 Å². The molecule has 0 N–H and O–H groups in total. The Morgan fingerprint density at radius 2 is 1.83 bits per heavy atom. The molecule has 0 aliphatic carbocycles. The third kappa shape index (κ3) is 4.44. The van der Waals surface area contributed by atoms with Crippen LogP contribution in [0.2, 0.25) is 0 Å². The zero-order valence-electron chi connectivity index (χ0n) is 19.7. The molecule has 2 heterocycles. The number of allylic oxidation sites excluding steroid dienone is 1. The molecule has 0 fully saturated rings. The van der Waals surface area contributed by atoms with Crippen molar-refractivity contribution >= 4 is 22.7 Å². The normalized spacial score (nSPS) is 11.5. The molecule has 0 atom stereocenters. The average molecular weight is 460 g/mol. The van der Waals surface area contributed by atoms with Gasteiger partial charge >= 0.3 is 0 Å². The minimum absolute atomic E-state index is 0.468. The van der Waals surface area contributed by atoms with E-state index in [1.165, 1.54) is 0 Å². The first-order valence-electron chi connectivity index (χ1n) is 11.6. The Kier molecular flexibility index (Phi) is 6.15. The number of imidazole rings is 1. The van der Waals surface area contributed by atoms with E-state index in [1.54, 1.807) is 0 Å². The van der Waals surface area contributed by atoms with Gasteiger partial charge in [0.25, 0.3) is 0 Å². The molecule has 0 bridgehead atoms. The monoisotopic (exact) mass is 459 g/mol. The standard InChI is InChI=1S/C29H25N5O/c1-3-16-35-25-13-9-10-21(18-25)28-23(20-34(32-28)24-11-5-4-6-12-24)17-22(19-30)29-31-26-14-7-8-15-27(26)33(29)2/h4-15,17-18,20H,3,16H2,1-2H3/b22-17-. The molecule has 0 radical (unpaired) electrons. The van der Waals surface area contributed by atoms with Gasteiger partial charge in [0.15, 0.2) is 5.82 Å². The fourth-order valence-corrected chi connectivity index (χ4v) is 4.07. The molecule has 35 heavy (non-hydrogen) atoms. The number of nitriles is 1. The Balaban J connectivity index is 1.65. The highest BCUT2D eigenvalue weighted by Gasteiger charge is 2.16. The van der Waals surface area contributed by atoms with E-state index in [2.05, 4.69) is 13.0 Å². The van der Waals surface area contributed by atoms with Crippen molar-refractivity contribution in [2.75, 3.05) is 6.61 Å². The zero-order valence-corrected chi connectivity index (χ0v) is 19.7. The van der Waals surface area contributed by atoms with Crippen molar-refractivity contribution < 1.29 is 4.74 Å². The summed E-state index contributed by atoms with van der Waals surface area (Å²) in [5.41, 5.74) is 5.75. The summed E-state index contributed by atoms with van der Waals surface area (Å²) in [5.74, 6) is 1.41. The van der Waals surface area contributed by atoms with Gasteiger partial charge in [-0.05, 0) is 48.9 Å². The highest BCUT2D eigenvalue weighted by atomic mass is 16.5. The van der Waals surface area contributed by atoms with Crippen molar-refractivity contribution in [3.8, 4) is 28.8 Å². The van der Waals surface area contributed by atoms with E-state index in [0.717, 1.165) is 45.7 Å². The molecule has 0 unspecified atom stereocenters. The molecule has 0 saturated carbocycles. The predicted molar refractivity (Wildman–Crippen MR) is 139 cm³/mol. The van der Waals surface area contributed by atoms with Gasteiger partial charge in [-0.15, -0.1) is 0 Å². The van der Waals surface area contributed by atoms with Gasteiger partial charge in [0.1, 0.15) is 17.5 Å². The van der Waals surface area contributed by atoms with Gasteiger partial charge in [-0.3, -0.25) is 0 Å². The molecule has 0 aliphatic rings. The SMILES string of the molecule is CCCOc1cccc(-c2nn(-c3ccccc3)cc2/C=C(/C#N)c2nc3ccccc3n2C)c1. The Hall–Kier alpha value is -4.63. The number of fused-ring (bicyclic) bond motifs is 1. The molecule has 172 valence electrons. The summed E-state index contributed by atoms with van der Waals surface area (Å²) in [4.78, 5) is 4.72. The average Bonchev–Trinajstić information content (AvgIpc) is 3.48. The second kappa shape index (κ2) is 9.70. The van der Waals surface area contributed by atoms with Crippen LogP contribution in [0.1, 0.15) is 24.7 Å². The van der Waals surface area contributed by atoms with E-state index in [9.17, 15) is 5.26 Å². The lowest BCUT2D eigenvalue weighted by atomic mass is 10.1. The van der Waals surface area contributed by atoms with Crippen molar-refractivity contribution in [1.29, 1.82) is 5.26 Å². The number of para-hydroxylation sites is 3. The van der Waals surface area contributed by atoms with Crippen molar-refractivity contribution in [1.82, 2.24) is 19.3 Å². The van der Waals surface area contributed by atoms with Crippen LogP contribution in [-0.4, -0.2) is 25.9 Å². The number of rotatable bonds is 7. The number of aromatic nitrogens is 4. The number of nitrogens with zero attached hydrogens (tertiary/aromatic N) is 5. The fraction of sp³-hybridized carbons (Fsp3) is 0.138. The first-order chi connectivity index (χ1) is 17.2. The third-order valence-electron chi connectivity index (χ3n) is 5.79. The van der Waals surface area contributed by atoms with E-state index < -0.39 is 0 Å². The van der Waals surface area contributed by atoms with Crippen molar-refractivity contribution in [3.05, 3.63) is 96.4 Å². The summed E-state index contributed by atoms with van der Waals surface area (Å²) in [7, 11) is 1.93. The highest BCUT2D eigenvalue weighted by molar-refractivity contribution is 5.93. The molecule has 2 aromatic heterocycles. The Morgan fingerprint density at radius 3 is 2.60 bits per heavy atom. The predicted octanol–water partition coefficient (Wildman–Crippen LogP) is 6.28. The van der Waals surface area contributed by atoms with Crippen LogP contribution >= 0.6 is 0 Å². The van der Waals surface area contributed by atoms with Crippen LogP contribution in [0.5, 0.6) is 5.75 Å². The number of hydrogen-bond acceptors (Lipinski definition) is 4. The van der Waals surface area contributed by atoms with Crippen molar-refractivity contribution in [3.63, 3.8) is 0 Å². The van der Waals surface area contributed by atoms with Crippen LogP contribution in [0.3, 0.4) is 0 Å². The third-order valence-corrected chi connectivity index (χ3v) is 5.79. The van der Waals surface area contributed by atoms with Crippen LogP contribution in [0.25, 0.3) is 39.6 Å². The van der Waals surface area contributed by atoms with Gasteiger partial charge < -0.3 is 9.30 Å².